The molecular formula is C21H21N3O2S2. The van der Waals surface area contributed by atoms with Crippen LogP contribution in [0.15, 0.2) is 70.9 Å². The summed E-state index contributed by atoms with van der Waals surface area (Å²) in [4.78, 5) is 5.77. The Morgan fingerprint density at radius 1 is 1.04 bits per heavy atom. The second-order valence-corrected chi connectivity index (χ2v) is 9.67. The van der Waals surface area contributed by atoms with E-state index in [1.54, 1.807) is 6.07 Å². The Morgan fingerprint density at radius 2 is 1.75 bits per heavy atom. The van der Waals surface area contributed by atoms with Crippen LogP contribution in [0, 0.1) is 0 Å². The first-order chi connectivity index (χ1) is 13.5. The summed E-state index contributed by atoms with van der Waals surface area (Å²) in [5.74, 6) is 0.656. The van der Waals surface area contributed by atoms with Crippen LogP contribution in [0.4, 0.5) is 0 Å². The summed E-state index contributed by atoms with van der Waals surface area (Å²) in [6, 6.07) is 20.3. The van der Waals surface area contributed by atoms with Crippen LogP contribution >= 0.6 is 11.3 Å². The van der Waals surface area contributed by atoms with Crippen LogP contribution in [-0.2, 0) is 23.5 Å². The van der Waals surface area contributed by atoms with Crippen LogP contribution in [-0.4, -0.2) is 18.0 Å². The van der Waals surface area contributed by atoms with E-state index in [1.165, 1.54) is 11.3 Å². The van der Waals surface area contributed by atoms with Crippen LogP contribution < -0.4 is 4.72 Å². The van der Waals surface area contributed by atoms with Crippen molar-refractivity contribution < 1.29 is 8.42 Å². The average molecular weight is 412 g/mol. The first kappa shape index (κ1) is 18.9. The number of hydrogen-bond acceptors (Lipinski definition) is 4. The predicted octanol–water partition coefficient (Wildman–Crippen LogP) is 4.27. The Hall–Kier alpha value is -2.48. The summed E-state index contributed by atoms with van der Waals surface area (Å²) in [6.45, 7) is 2.02. The van der Waals surface area contributed by atoms with E-state index < -0.39 is 16.1 Å². The minimum Gasteiger partial charge on any atom is -0.329 e. The molecule has 144 valence electrons. The van der Waals surface area contributed by atoms with Gasteiger partial charge < -0.3 is 4.57 Å². The highest BCUT2D eigenvalue weighted by molar-refractivity contribution is 7.91. The lowest BCUT2D eigenvalue weighted by Crippen LogP contribution is -2.30. The van der Waals surface area contributed by atoms with Gasteiger partial charge >= 0.3 is 0 Å². The van der Waals surface area contributed by atoms with Gasteiger partial charge in [-0.2, -0.15) is 4.72 Å². The summed E-state index contributed by atoms with van der Waals surface area (Å²) < 4.78 is 31.4. The van der Waals surface area contributed by atoms with Gasteiger partial charge in [0.15, 0.2) is 0 Å². The Kier molecular flexibility index (Phi) is 5.05. The Labute approximate surface area is 168 Å². The third-order valence-electron chi connectivity index (χ3n) is 4.74. The van der Waals surface area contributed by atoms with Crippen molar-refractivity contribution in [2.24, 2.45) is 7.05 Å². The first-order valence-corrected chi connectivity index (χ1v) is 11.4. The highest BCUT2D eigenvalue weighted by Gasteiger charge is 2.27. The van der Waals surface area contributed by atoms with Gasteiger partial charge in [0.1, 0.15) is 16.1 Å². The van der Waals surface area contributed by atoms with Crippen molar-refractivity contribution >= 4 is 32.4 Å². The van der Waals surface area contributed by atoms with Crippen LogP contribution in [0.3, 0.4) is 0 Å². The van der Waals surface area contributed by atoms with Crippen molar-refractivity contribution in [2.45, 2.75) is 23.6 Å². The fourth-order valence-electron chi connectivity index (χ4n) is 3.24. The van der Waals surface area contributed by atoms with Crippen molar-refractivity contribution in [3.05, 3.63) is 83.0 Å². The molecule has 0 spiro atoms. The van der Waals surface area contributed by atoms with Gasteiger partial charge in [-0.3, -0.25) is 0 Å². The zero-order chi connectivity index (χ0) is 19.7. The van der Waals surface area contributed by atoms with Gasteiger partial charge in [0.05, 0.1) is 11.0 Å². The molecule has 4 rings (SSSR count). The molecule has 0 fully saturated rings. The van der Waals surface area contributed by atoms with Crippen LogP contribution in [0.1, 0.15) is 29.2 Å². The third kappa shape index (κ3) is 3.48. The minimum atomic E-state index is -3.68. The Bertz CT molecular complexity index is 1210. The van der Waals surface area contributed by atoms with Gasteiger partial charge in [-0.05, 0) is 36.2 Å². The maximum Gasteiger partial charge on any atom is 0.251 e. The number of thiophene rings is 1. The van der Waals surface area contributed by atoms with Gasteiger partial charge in [-0.15, -0.1) is 11.3 Å². The second-order valence-electron chi connectivity index (χ2n) is 6.56. The largest absolute Gasteiger partial charge is 0.329 e. The molecule has 0 aliphatic heterocycles. The molecular weight excluding hydrogens is 390 g/mol. The highest BCUT2D eigenvalue weighted by Crippen LogP contribution is 2.29. The number of sulfonamides is 1. The molecule has 0 radical (unpaired) electrons. The van der Waals surface area contributed by atoms with E-state index in [2.05, 4.69) is 4.72 Å². The van der Waals surface area contributed by atoms with Gasteiger partial charge in [0.2, 0.25) is 0 Å². The Morgan fingerprint density at radius 3 is 2.43 bits per heavy atom. The van der Waals surface area contributed by atoms with E-state index in [0.717, 1.165) is 27.9 Å². The lowest BCUT2D eigenvalue weighted by Gasteiger charge is -2.19. The van der Waals surface area contributed by atoms with Crippen LogP contribution in [0.5, 0.6) is 0 Å². The molecule has 0 saturated carbocycles. The summed E-state index contributed by atoms with van der Waals surface area (Å²) in [5, 5.41) is 0. The predicted molar refractivity (Wildman–Crippen MR) is 113 cm³/mol. The molecule has 1 unspecified atom stereocenters. The smallest absolute Gasteiger partial charge is 0.251 e. The standard InChI is InChI=1S/C21H21N3O2S2/c1-3-16-13-14-19(27-16)28(25,26)23-20(15-9-5-4-6-10-15)21-22-17-11-7-8-12-18(17)24(21)2/h4-14,20,23H,3H2,1-2H3. The quantitative estimate of drug-likeness (QED) is 0.515. The number of benzene rings is 2. The number of rotatable bonds is 6. The van der Waals surface area contributed by atoms with Crippen molar-refractivity contribution in [2.75, 3.05) is 0 Å². The fourth-order valence-corrected chi connectivity index (χ4v) is 5.74. The van der Waals surface area contributed by atoms with Crippen molar-refractivity contribution in [1.29, 1.82) is 0 Å². The number of nitrogens with zero attached hydrogens (tertiary/aromatic N) is 2. The van der Waals surface area contributed by atoms with Crippen molar-refractivity contribution in [3.63, 3.8) is 0 Å². The molecule has 1 N–H and O–H groups in total. The molecule has 7 heteroatoms. The summed E-state index contributed by atoms with van der Waals surface area (Å²) in [7, 11) is -1.77. The molecule has 2 aromatic carbocycles. The number of para-hydroxylation sites is 2. The zero-order valence-corrected chi connectivity index (χ0v) is 17.3. The third-order valence-corrected chi connectivity index (χ3v) is 7.88. The molecule has 2 heterocycles. The normalized spacial score (nSPS) is 13.1. The maximum atomic E-state index is 13.1. The number of fused-ring (bicyclic) bond motifs is 1. The highest BCUT2D eigenvalue weighted by atomic mass is 32.2. The number of hydrogen-bond donors (Lipinski definition) is 1. The molecule has 28 heavy (non-hydrogen) atoms. The number of imidazole rings is 1. The van der Waals surface area contributed by atoms with E-state index in [0.29, 0.717) is 10.0 Å². The molecule has 2 aromatic heterocycles. The molecule has 0 saturated heterocycles. The van der Waals surface area contributed by atoms with Crippen molar-refractivity contribution in [3.8, 4) is 0 Å². The van der Waals surface area contributed by atoms with Gasteiger partial charge in [-0.1, -0.05) is 49.4 Å². The molecule has 5 nitrogen and oxygen atoms in total. The van der Waals surface area contributed by atoms with Gasteiger partial charge in [0.25, 0.3) is 10.0 Å². The molecule has 0 aliphatic rings. The van der Waals surface area contributed by atoms with E-state index in [9.17, 15) is 8.42 Å². The summed E-state index contributed by atoms with van der Waals surface area (Å²) in [6.07, 6.45) is 0.813. The monoisotopic (exact) mass is 411 g/mol. The second kappa shape index (κ2) is 7.50. The molecule has 4 aromatic rings. The lowest BCUT2D eigenvalue weighted by atomic mass is 10.1. The minimum absolute atomic E-state index is 0.323. The van der Waals surface area contributed by atoms with Gasteiger partial charge in [-0.25, -0.2) is 13.4 Å². The van der Waals surface area contributed by atoms with Crippen molar-refractivity contribution in [1.82, 2.24) is 14.3 Å². The summed E-state index contributed by atoms with van der Waals surface area (Å²) in [5.41, 5.74) is 2.64. The van der Waals surface area contributed by atoms with E-state index in [-0.39, 0.29) is 0 Å². The molecule has 0 aliphatic carbocycles. The first-order valence-electron chi connectivity index (χ1n) is 9.07. The van der Waals surface area contributed by atoms with Crippen LogP contribution in [0.2, 0.25) is 0 Å². The Balaban J connectivity index is 1.81. The number of nitrogens with one attached hydrogen (secondary N) is 1. The molecule has 1 atom stereocenters. The van der Waals surface area contributed by atoms with Gasteiger partial charge in [0, 0.05) is 11.9 Å². The van der Waals surface area contributed by atoms with E-state index >= 15 is 0 Å². The SMILES string of the molecule is CCc1ccc(S(=O)(=O)NC(c2ccccc2)c2nc3ccccc3n2C)s1. The number of aryl methyl sites for hydroxylation is 2. The molecule has 0 amide bonds. The lowest BCUT2D eigenvalue weighted by molar-refractivity contribution is 0.565. The fraction of sp³-hybridized carbons (Fsp3) is 0.190. The maximum absolute atomic E-state index is 13.1. The van der Waals surface area contributed by atoms with Crippen LogP contribution in [0.25, 0.3) is 11.0 Å². The summed E-state index contributed by atoms with van der Waals surface area (Å²) >= 11 is 1.30. The van der Waals surface area contributed by atoms with E-state index in [1.807, 2.05) is 79.2 Å². The average Bonchev–Trinajstić information content (AvgIpc) is 3.33. The number of aromatic nitrogens is 2. The zero-order valence-electron chi connectivity index (χ0n) is 15.7. The molecule has 0 bridgehead atoms. The topological polar surface area (TPSA) is 64.0 Å². The van der Waals surface area contributed by atoms with E-state index in [4.69, 9.17) is 4.98 Å².